The third-order valence-electron chi connectivity index (χ3n) is 3.26. The van der Waals surface area contributed by atoms with E-state index in [0.717, 1.165) is 17.1 Å². The fourth-order valence-electron chi connectivity index (χ4n) is 1.80. The summed E-state index contributed by atoms with van der Waals surface area (Å²) in [5, 5.41) is 7.34. The van der Waals surface area contributed by atoms with Crippen LogP contribution in [0.4, 0.5) is 0 Å². The molecule has 1 amide bonds. The van der Waals surface area contributed by atoms with Crippen molar-refractivity contribution in [1.82, 2.24) is 15.6 Å². The summed E-state index contributed by atoms with van der Waals surface area (Å²) in [4.78, 5) is 17.5. The highest BCUT2D eigenvalue weighted by Crippen LogP contribution is 2.24. The van der Waals surface area contributed by atoms with Crippen LogP contribution in [0.3, 0.4) is 0 Å². The predicted octanol–water partition coefficient (Wildman–Crippen LogP) is 2.72. The summed E-state index contributed by atoms with van der Waals surface area (Å²) in [5.41, 5.74) is 0.913. The third-order valence-corrected chi connectivity index (χ3v) is 4.52. The van der Waals surface area contributed by atoms with Crippen LogP contribution in [-0.4, -0.2) is 23.0 Å². The Morgan fingerprint density at radius 3 is 2.53 bits per heavy atom. The Morgan fingerprint density at radius 1 is 1.42 bits per heavy atom. The molecule has 0 radical (unpaired) electrons. The number of carbonyl (C=O) groups excluding carboxylic acids is 1. The lowest BCUT2D eigenvalue weighted by Gasteiger charge is -2.25. The molecule has 0 aromatic carbocycles. The van der Waals surface area contributed by atoms with Crippen LogP contribution in [0.2, 0.25) is 0 Å². The molecule has 1 aromatic heterocycles. The number of carbonyl (C=O) groups is 1. The molecule has 1 rings (SSSR count). The first-order chi connectivity index (χ1) is 8.75. The maximum absolute atomic E-state index is 11.9. The van der Waals surface area contributed by atoms with Gasteiger partial charge in [0.15, 0.2) is 0 Å². The molecule has 0 spiro atoms. The van der Waals surface area contributed by atoms with Crippen LogP contribution >= 0.6 is 11.3 Å². The zero-order valence-electron chi connectivity index (χ0n) is 12.8. The molecule has 1 unspecified atom stereocenters. The molecule has 1 atom stereocenters. The zero-order valence-corrected chi connectivity index (χ0v) is 13.6. The maximum Gasteiger partial charge on any atom is 0.234 e. The van der Waals surface area contributed by atoms with Gasteiger partial charge in [-0.1, -0.05) is 6.92 Å². The van der Waals surface area contributed by atoms with Crippen LogP contribution in [0.5, 0.6) is 0 Å². The molecule has 1 heterocycles. The average Bonchev–Trinajstić information content (AvgIpc) is 2.65. The summed E-state index contributed by atoms with van der Waals surface area (Å²) in [5.74, 6) is 0.0394. The van der Waals surface area contributed by atoms with Crippen molar-refractivity contribution in [3.63, 3.8) is 0 Å². The number of aryl methyl sites for hydroxylation is 2. The number of amides is 1. The van der Waals surface area contributed by atoms with Crippen LogP contribution in [0.25, 0.3) is 0 Å². The van der Waals surface area contributed by atoms with Gasteiger partial charge in [0.25, 0.3) is 0 Å². The molecule has 0 bridgehead atoms. The van der Waals surface area contributed by atoms with Gasteiger partial charge in [-0.15, -0.1) is 11.3 Å². The SMILES string of the molecule is CCC(C)(C)NC(=O)CNC(C)c1sc(C)nc1C. The first kappa shape index (κ1) is 16.1. The molecule has 1 aromatic rings. The van der Waals surface area contributed by atoms with Gasteiger partial charge in [-0.05, 0) is 41.0 Å². The van der Waals surface area contributed by atoms with Crippen molar-refractivity contribution >= 4 is 17.2 Å². The molecule has 108 valence electrons. The van der Waals surface area contributed by atoms with Gasteiger partial charge < -0.3 is 10.6 Å². The minimum Gasteiger partial charge on any atom is -0.350 e. The summed E-state index contributed by atoms with van der Waals surface area (Å²) in [6, 6.07) is 0.154. The molecule has 19 heavy (non-hydrogen) atoms. The summed E-state index contributed by atoms with van der Waals surface area (Å²) in [6.07, 6.45) is 0.918. The first-order valence-electron chi connectivity index (χ1n) is 6.73. The van der Waals surface area contributed by atoms with Crippen LogP contribution < -0.4 is 10.6 Å². The van der Waals surface area contributed by atoms with Crippen molar-refractivity contribution in [3.8, 4) is 0 Å². The smallest absolute Gasteiger partial charge is 0.234 e. The fourth-order valence-corrected chi connectivity index (χ4v) is 2.75. The van der Waals surface area contributed by atoms with Gasteiger partial charge in [0.1, 0.15) is 0 Å². The highest BCUT2D eigenvalue weighted by atomic mass is 32.1. The van der Waals surface area contributed by atoms with Crippen LogP contribution in [0.1, 0.15) is 55.7 Å². The number of hydrogen-bond donors (Lipinski definition) is 2. The monoisotopic (exact) mass is 283 g/mol. The van der Waals surface area contributed by atoms with Crippen molar-refractivity contribution in [2.75, 3.05) is 6.54 Å². The maximum atomic E-state index is 11.9. The van der Waals surface area contributed by atoms with Crippen molar-refractivity contribution in [3.05, 3.63) is 15.6 Å². The summed E-state index contributed by atoms with van der Waals surface area (Å²) in [6.45, 7) is 12.6. The lowest BCUT2D eigenvalue weighted by molar-refractivity contribution is -0.121. The molecule has 4 nitrogen and oxygen atoms in total. The highest BCUT2D eigenvalue weighted by molar-refractivity contribution is 7.11. The van der Waals surface area contributed by atoms with Crippen LogP contribution in [0.15, 0.2) is 0 Å². The summed E-state index contributed by atoms with van der Waals surface area (Å²) >= 11 is 1.69. The third kappa shape index (κ3) is 4.91. The Bertz CT molecular complexity index is 440. The predicted molar refractivity (Wildman–Crippen MR) is 80.5 cm³/mol. The lowest BCUT2D eigenvalue weighted by Crippen LogP contribution is -2.46. The van der Waals surface area contributed by atoms with E-state index in [0.29, 0.717) is 6.54 Å². The standard InChI is InChI=1S/C14H25N3OS/c1-7-14(5,6)17-12(18)8-15-9(2)13-10(3)16-11(4)19-13/h9,15H,7-8H2,1-6H3,(H,17,18). The molecule has 5 heteroatoms. The average molecular weight is 283 g/mol. The largest absolute Gasteiger partial charge is 0.350 e. The zero-order chi connectivity index (χ0) is 14.6. The van der Waals surface area contributed by atoms with Crippen molar-refractivity contribution in [2.45, 2.75) is 59.5 Å². The van der Waals surface area contributed by atoms with E-state index in [-0.39, 0.29) is 17.5 Å². The van der Waals surface area contributed by atoms with Gasteiger partial charge in [0.2, 0.25) is 5.91 Å². The van der Waals surface area contributed by atoms with Crippen LogP contribution in [-0.2, 0) is 4.79 Å². The van der Waals surface area contributed by atoms with E-state index in [9.17, 15) is 4.79 Å². The quantitative estimate of drug-likeness (QED) is 0.844. The second kappa shape index (κ2) is 6.48. The van der Waals surface area contributed by atoms with Gasteiger partial charge >= 0.3 is 0 Å². The molecular formula is C14H25N3OS. The second-order valence-electron chi connectivity index (χ2n) is 5.57. The Hall–Kier alpha value is -0.940. The summed E-state index contributed by atoms with van der Waals surface area (Å²) < 4.78 is 0. The Kier molecular flexibility index (Phi) is 5.50. The molecule has 0 saturated carbocycles. The van der Waals surface area contributed by atoms with E-state index >= 15 is 0 Å². The van der Waals surface area contributed by atoms with E-state index in [1.165, 1.54) is 4.88 Å². The molecular weight excluding hydrogens is 258 g/mol. The van der Waals surface area contributed by atoms with E-state index in [1.807, 2.05) is 27.7 Å². The molecule has 2 N–H and O–H groups in total. The van der Waals surface area contributed by atoms with Crippen molar-refractivity contribution < 1.29 is 4.79 Å². The van der Waals surface area contributed by atoms with E-state index in [4.69, 9.17) is 0 Å². The number of rotatable bonds is 6. The Labute approximate surface area is 120 Å². The number of aromatic nitrogens is 1. The first-order valence-corrected chi connectivity index (χ1v) is 7.55. The van der Waals surface area contributed by atoms with Crippen molar-refractivity contribution in [2.24, 2.45) is 0 Å². The second-order valence-corrected chi connectivity index (χ2v) is 6.81. The number of nitrogens with zero attached hydrogens (tertiary/aromatic N) is 1. The molecule has 0 aliphatic heterocycles. The number of hydrogen-bond acceptors (Lipinski definition) is 4. The Morgan fingerprint density at radius 2 is 2.05 bits per heavy atom. The normalized spacial score (nSPS) is 13.4. The Balaban J connectivity index is 2.49. The minimum atomic E-state index is -0.140. The van der Waals surface area contributed by atoms with Crippen LogP contribution in [0, 0.1) is 13.8 Å². The molecule has 0 fully saturated rings. The van der Waals surface area contributed by atoms with E-state index in [2.05, 4.69) is 29.5 Å². The van der Waals surface area contributed by atoms with E-state index in [1.54, 1.807) is 11.3 Å². The molecule has 0 aliphatic rings. The highest BCUT2D eigenvalue weighted by Gasteiger charge is 2.19. The fraction of sp³-hybridized carbons (Fsp3) is 0.714. The van der Waals surface area contributed by atoms with Crippen molar-refractivity contribution in [1.29, 1.82) is 0 Å². The molecule has 0 aliphatic carbocycles. The molecule has 0 saturated heterocycles. The van der Waals surface area contributed by atoms with Gasteiger partial charge in [0.05, 0.1) is 17.2 Å². The van der Waals surface area contributed by atoms with Gasteiger partial charge in [-0.2, -0.15) is 0 Å². The summed E-state index contributed by atoms with van der Waals surface area (Å²) in [7, 11) is 0. The van der Waals surface area contributed by atoms with Gasteiger partial charge in [0, 0.05) is 16.5 Å². The lowest BCUT2D eigenvalue weighted by atomic mass is 10.0. The number of nitrogens with one attached hydrogen (secondary N) is 2. The van der Waals surface area contributed by atoms with Gasteiger partial charge in [-0.25, -0.2) is 4.98 Å². The van der Waals surface area contributed by atoms with E-state index < -0.39 is 0 Å². The minimum absolute atomic E-state index is 0.0394. The van der Waals surface area contributed by atoms with Gasteiger partial charge in [-0.3, -0.25) is 4.79 Å². The number of thiazole rings is 1. The topological polar surface area (TPSA) is 54.0 Å².